The number of aromatic nitrogens is 1. The van der Waals surface area contributed by atoms with Gasteiger partial charge in [0.1, 0.15) is 5.01 Å². The second kappa shape index (κ2) is 5.80. The minimum Gasteiger partial charge on any atom is -0.289 e. The van der Waals surface area contributed by atoms with Crippen LogP contribution >= 0.6 is 38.6 Å². The van der Waals surface area contributed by atoms with Gasteiger partial charge in [-0.15, -0.1) is 22.7 Å². The molecule has 5 heteroatoms. The summed E-state index contributed by atoms with van der Waals surface area (Å²) in [7, 11) is 0. The van der Waals surface area contributed by atoms with Crippen LogP contribution in [0.15, 0.2) is 40.2 Å². The summed E-state index contributed by atoms with van der Waals surface area (Å²) in [6.45, 7) is 2.20. The Kier molecular flexibility index (Phi) is 3.83. The summed E-state index contributed by atoms with van der Waals surface area (Å²) in [4.78, 5) is 8.86. The first-order chi connectivity index (χ1) is 10.3. The second-order valence-corrected chi connectivity index (χ2v) is 8.26. The van der Waals surface area contributed by atoms with E-state index < -0.39 is 0 Å². The minimum atomic E-state index is 0.483. The first-order valence-corrected chi connectivity index (χ1v) is 9.61. The van der Waals surface area contributed by atoms with Gasteiger partial charge >= 0.3 is 0 Å². The molecule has 108 valence electrons. The number of hydrogen-bond donors (Lipinski definition) is 0. The number of halogens is 1. The van der Waals surface area contributed by atoms with Gasteiger partial charge in [-0.05, 0) is 58.9 Å². The van der Waals surface area contributed by atoms with Gasteiger partial charge in [0.25, 0.3) is 0 Å². The first kappa shape index (κ1) is 13.9. The summed E-state index contributed by atoms with van der Waals surface area (Å²) in [6, 6.07) is 11.1. The summed E-state index contributed by atoms with van der Waals surface area (Å²) in [5, 5.41) is 3.43. The predicted molar refractivity (Wildman–Crippen MR) is 94.0 cm³/mol. The van der Waals surface area contributed by atoms with Crippen molar-refractivity contribution in [2.45, 2.75) is 25.4 Å². The van der Waals surface area contributed by atoms with Crippen molar-refractivity contribution >= 4 is 48.8 Å². The smallest absolute Gasteiger partial charge is 0.111 e. The van der Waals surface area contributed by atoms with Crippen LogP contribution in [-0.4, -0.2) is 16.4 Å². The fraction of sp³-hybridized carbons (Fsp3) is 0.312. The number of thiazole rings is 1. The van der Waals surface area contributed by atoms with Crippen LogP contribution in [0.1, 0.15) is 28.8 Å². The van der Waals surface area contributed by atoms with Crippen molar-refractivity contribution in [1.29, 1.82) is 0 Å². The molecule has 1 aliphatic rings. The Hall–Kier alpha value is -0.750. The average molecular weight is 379 g/mol. The van der Waals surface area contributed by atoms with Crippen molar-refractivity contribution in [3.05, 3.63) is 50.1 Å². The normalized spacial score (nSPS) is 19.6. The van der Waals surface area contributed by atoms with E-state index in [1.165, 1.54) is 38.4 Å². The lowest BCUT2D eigenvalue weighted by molar-refractivity contribution is 0.250. The highest BCUT2D eigenvalue weighted by atomic mass is 79.9. The van der Waals surface area contributed by atoms with Crippen molar-refractivity contribution in [2.24, 2.45) is 0 Å². The molecule has 3 aromatic rings. The van der Waals surface area contributed by atoms with Crippen molar-refractivity contribution in [2.75, 3.05) is 6.54 Å². The molecule has 2 nitrogen and oxygen atoms in total. The zero-order valence-corrected chi connectivity index (χ0v) is 14.7. The molecule has 0 saturated carbocycles. The lowest BCUT2D eigenvalue weighted by atomic mass is 10.2. The van der Waals surface area contributed by atoms with Crippen molar-refractivity contribution in [3.8, 4) is 0 Å². The molecule has 21 heavy (non-hydrogen) atoms. The number of hydrogen-bond acceptors (Lipinski definition) is 4. The van der Waals surface area contributed by atoms with Crippen LogP contribution in [0.25, 0.3) is 10.2 Å². The molecule has 0 N–H and O–H groups in total. The highest BCUT2D eigenvalue weighted by molar-refractivity contribution is 9.10. The van der Waals surface area contributed by atoms with Crippen LogP contribution in [0.4, 0.5) is 0 Å². The first-order valence-electron chi connectivity index (χ1n) is 7.12. The molecule has 3 heterocycles. The number of rotatable bonds is 3. The van der Waals surface area contributed by atoms with E-state index in [1.807, 2.05) is 22.7 Å². The van der Waals surface area contributed by atoms with Gasteiger partial charge in [0.05, 0.1) is 16.3 Å². The summed E-state index contributed by atoms with van der Waals surface area (Å²) in [5.74, 6) is 0. The number of benzene rings is 1. The van der Waals surface area contributed by atoms with Crippen molar-refractivity contribution < 1.29 is 0 Å². The fourth-order valence-electron chi connectivity index (χ4n) is 2.95. The summed E-state index contributed by atoms with van der Waals surface area (Å²) < 4.78 is 2.54. The van der Waals surface area contributed by atoms with Crippen LogP contribution < -0.4 is 0 Å². The SMILES string of the molecule is Brc1ccsc1CN1CCCC1c1nc2ccccc2s1. The number of para-hydroxylation sites is 1. The van der Waals surface area contributed by atoms with E-state index in [4.69, 9.17) is 4.98 Å². The lowest BCUT2D eigenvalue weighted by Gasteiger charge is -2.22. The molecule has 4 rings (SSSR count). The zero-order valence-electron chi connectivity index (χ0n) is 11.5. The number of nitrogens with zero attached hydrogens (tertiary/aromatic N) is 2. The molecule has 0 bridgehead atoms. The number of fused-ring (bicyclic) bond motifs is 1. The third-order valence-electron chi connectivity index (χ3n) is 4.00. The van der Waals surface area contributed by atoms with E-state index in [-0.39, 0.29) is 0 Å². The lowest BCUT2D eigenvalue weighted by Crippen LogP contribution is -2.22. The van der Waals surface area contributed by atoms with Gasteiger partial charge in [0, 0.05) is 15.9 Å². The molecule has 0 spiro atoms. The van der Waals surface area contributed by atoms with Crippen LogP contribution in [0.2, 0.25) is 0 Å². The Morgan fingerprint density at radius 2 is 2.19 bits per heavy atom. The Balaban J connectivity index is 1.62. The average Bonchev–Trinajstić information content (AvgIpc) is 3.19. The molecule has 2 aromatic heterocycles. The van der Waals surface area contributed by atoms with Crippen molar-refractivity contribution in [1.82, 2.24) is 9.88 Å². The molecule has 1 aliphatic heterocycles. The standard InChI is InChI=1S/C16H15BrN2S2/c17-11-7-9-20-15(11)10-19-8-3-5-13(19)16-18-12-4-1-2-6-14(12)21-16/h1-2,4,6-7,9,13H,3,5,8,10H2. The summed E-state index contributed by atoms with van der Waals surface area (Å²) >= 11 is 7.34. The maximum Gasteiger partial charge on any atom is 0.111 e. The van der Waals surface area contributed by atoms with Gasteiger partial charge < -0.3 is 0 Å². The summed E-state index contributed by atoms with van der Waals surface area (Å²) in [6.07, 6.45) is 2.49. The Morgan fingerprint density at radius 1 is 1.29 bits per heavy atom. The Labute approximate surface area is 140 Å². The maximum atomic E-state index is 4.87. The second-order valence-electron chi connectivity index (χ2n) is 5.34. The largest absolute Gasteiger partial charge is 0.289 e. The molecule has 0 radical (unpaired) electrons. The van der Waals surface area contributed by atoms with Gasteiger partial charge in [-0.25, -0.2) is 4.98 Å². The molecule has 0 aliphatic carbocycles. The zero-order chi connectivity index (χ0) is 14.2. The quantitative estimate of drug-likeness (QED) is 0.601. The summed E-state index contributed by atoms with van der Waals surface area (Å²) in [5.41, 5.74) is 1.14. The molecule has 1 unspecified atom stereocenters. The van der Waals surface area contributed by atoms with E-state index in [9.17, 15) is 0 Å². The fourth-order valence-corrected chi connectivity index (χ4v) is 5.59. The molecule has 1 saturated heterocycles. The van der Waals surface area contributed by atoms with E-state index in [1.54, 1.807) is 0 Å². The van der Waals surface area contributed by atoms with Gasteiger partial charge in [-0.3, -0.25) is 4.90 Å². The maximum absolute atomic E-state index is 4.87. The third kappa shape index (κ3) is 2.68. The molecule has 1 fully saturated rings. The van der Waals surface area contributed by atoms with Gasteiger partial charge in [-0.2, -0.15) is 0 Å². The Morgan fingerprint density at radius 3 is 3.00 bits per heavy atom. The molecule has 1 aromatic carbocycles. The monoisotopic (exact) mass is 378 g/mol. The van der Waals surface area contributed by atoms with Gasteiger partial charge in [0.2, 0.25) is 0 Å². The van der Waals surface area contributed by atoms with E-state index >= 15 is 0 Å². The number of thiophene rings is 1. The van der Waals surface area contributed by atoms with E-state index in [2.05, 4.69) is 56.5 Å². The highest BCUT2D eigenvalue weighted by Gasteiger charge is 2.29. The van der Waals surface area contributed by atoms with Crippen LogP contribution in [0.5, 0.6) is 0 Å². The topological polar surface area (TPSA) is 16.1 Å². The van der Waals surface area contributed by atoms with Crippen molar-refractivity contribution in [3.63, 3.8) is 0 Å². The molecule has 1 atom stereocenters. The predicted octanol–water partition coefficient (Wildman–Crippen LogP) is 5.46. The van der Waals surface area contributed by atoms with Crippen LogP contribution in [0, 0.1) is 0 Å². The van der Waals surface area contributed by atoms with Crippen LogP contribution in [0.3, 0.4) is 0 Å². The molecule has 0 amide bonds. The van der Waals surface area contributed by atoms with Gasteiger partial charge in [-0.1, -0.05) is 12.1 Å². The molecular weight excluding hydrogens is 364 g/mol. The van der Waals surface area contributed by atoms with E-state index in [0.29, 0.717) is 6.04 Å². The number of likely N-dealkylation sites (tertiary alicyclic amines) is 1. The highest BCUT2D eigenvalue weighted by Crippen LogP contribution is 2.38. The minimum absolute atomic E-state index is 0.483. The van der Waals surface area contributed by atoms with Crippen LogP contribution in [-0.2, 0) is 6.54 Å². The van der Waals surface area contributed by atoms with Gasteiger partial charge in [0.15, 0.2) is 0 Å². The van der Waals surface area contributed by atoms with E-state index in [0.717, 1.165) is 12.1 Å². The Bertz CT molecular complexity index is 731. The third-order valence-corrected chi connectivity index (χ3v) is 7.05. The molecular formula is C16H15BrN2S2.